The summed E-state index contributed by atoms with van der Waals surface area (Å²) in [6, 6.07) is 47.8. The zero-order valence-corrected chi connectivity index (χ0v) is 24.5. The monoisotopic (exact) mass is 567 g/mol. The third-order valence-corrected chi connectivity index (χ3v) is 8.84. The molecular weight excluding hydrogens is 538 g/mol. The summed E-state index contributed by atoms with van der Waals surface area (Å²) in [5.74, 6) is 1.75. The molecule has 0 N–H and O–H groups in total. The van der Waals surface area contributed by atoms with Gasteiger partial charge in [-0.1, -0.05) is 54.6 Å². The highest BCUT2D eigenvalue weighted by molar-refractivity contribution is 6.18. The average Bonchev–Trinajstić information content (AvgIpc) is 3.63. The molecular formula is C40H29N3O. The van der Waals surface area contributed by atoms with Crippen molar-refractivity contribution in [1.82, 2.24) is 9.13 Å². The van der Waals surface area contributed by atoms with Crippen LogP contribution in [0.2, 0.25) is 0 Å². The number of aryl methyl sites for hydroxylation is 2. The number of benzene rings is 6. The minimum absolute atomic E-state index is 0.876. The molecule has 0 amide bonds. The Morgan fingerprint density at radius 2 is 1.14 bits per heavy atom. The van der Waals surface area contributed by atoms with Crippen LogP contribution in [0.25, 0.3) is 44.1 Å². The van der Waals surface area contributed by atoms with Crippen LogP contribution < -0.4 is 9.64 Å². The van der Waals surface area contributed by atoms with E-state index in [4.69, 9.17) is 4.74 Å². The Kier molecular flexibility index (Phi) is 5.29. The average molecular weight is 568 g/mol. The lowest BCUT2D eigenvalue weighted by molar-refractivity contribution is 0.476. The lowest BCUT2D eigenvalue weighted by Gasteiger charge is -2.33. The number of hydrogen-bond donors (Lipinski definition) is 0. The maximum atomic E-state index is 6.37. The van der Waals surface area contributed by atoms with Gasteiger partial charge < -0.3 is 18.8 Å². The molecule has 2 aromatic heterocycles. The van der Waals surface area contributed by atoms with Gasteiger partial charge in [0.1, 0.15) is 0 Å². The number of anilines is 3. The third-order valence-electron chi connectivity index (χ3n) is 8.84. The lowest BCUT2D eigenvalue weighted by Crippen LogP contribution is -2.16. The molecule has 3 heterocycles. The van der Waals surface area contributed by atoms with Gasteiger partial charge in [0.2, 0.25) is 0 Å². The highest BCUT2D eigenvalue weighted by atomic mass is 16.5. The van der Waals surface area contributed by atoms with E-state index < -0.39 is 0 Å². The quantitative estimate of drug-likeness (QED) is 0.212. The summed E-state index contributed by atoms with van der Waals surface area (Å²) in [4.78, 5) is 2.30. The Morgan fingerprint density at radius 3 is 1.86 bits per heavy atom. The molecule has 0 saturated heterocycles. The Bertz CT molecular complexity index is 2330. The summed E-state index contributed by atoms with van der Waals surface area (Å²) in [5, 5.41) is 3.76. The van der Waals surface area contributed by atoms with Gasteiger partial charge in [0.15, 0.2) is 11.5 Å². The second-order valence-corrected chi connectivity index (χ2v) is 11.7. The Balaban J connectivity index is 1.19. The first-order valence-corrected chi connectivity index (χ1v) is 15.0. The Morgan fingerprint density at radius 1 is 0.477 bits per heavy atom. The van der Waals surface area contributed by atoms with E-state index >= 15 is 0 Å². The molecule has 0 radical (unpaired) electrons. The molecule has 1 aliphatic rings. The number of ether oxygens (including phenoxy) is 1. The molecule has 0 unspecified atom stereocenters. The molecule has 0 spiro atoms. The minimum atomic E-state index is 0.876. The van der Waals surface area contributed by atoms with Crippen molar-refractivity contribution >= 4 is 49.8 Å². The highest BCUT2D eigenvalue weighted by Gasteiger charge is 2.26. The fraction of sp³-hybridized carbons (Fsp3) is 0.0500. The van der Waals surface area contributed by atoms with Crippen LogP contribution in [0.3, 0.4) is 0 Å². The molecule has 1 aliphatic heterocycles. The first-order chi connectivity index (χ1) is 21.6. The van der Waals surface area contributed by atoms with Crippen molar-refractivity contribution in [1.29, 1.82) is 0 Å². The molecule has 9 rings (SSSR count). The number of hydrogen-bond acceptors (Lipinski definition) is 2. The summed E-state index contributed by atoms with van der Waals surface area (Å²) in [6.45, 7) is 4.20. The lowest BCUT2D eigenvalue weighted by atomic mass is 10.1. The summed E-state index contributed by atoms with van der Waals surface area (Å²) < 4.78 is 11.1. The van der Waals surface area contributed by atoms with Crippen LogP contribution in [0.1, 0.15) is 11.1 Å². The van der Waals surface area contributed by atoms with Crippen molar-refractivity contribution in [3.05, 3.63) is 151 Å². The second-order valence-electron chi connectivity index (χ2n) is 11.7. The second kappa shape index (κ2) is 9.38. The molecule has 8 aromatic rings. The van der Waals surface area contributed by atoms with Gasteiger partial charge >= 0.3 is 0 Å². The van der Waals surface area contributed by atoms with E-state index in [2.05, 4.69) is 168 Å². The molecule has 44 heavy (non-hydrogen) atoms. The predicted molar refractivity (Wildman–Crippen MR) is 182 cm³/mol. The topological polar surface area (TPSA) is 22.3 Å². The van der Waals surface area contributed by atoms with Crippen LogP contribution in [0.15, 0.2) is 140 Å². The van der Waals surface area contributed by atoms with E-state index in [1.807, 2.05) is 0 Å². The molecule has 210 valence electrons. The molecule has 6 aromatic carbocycles. The number of nitrogens with zero attached hydrogens (tertiary/aromatic N) is 3. The van der Waals surface area contributed by atoms with Gasteiger partial charge in [0.05, 0.1) is 27.9 Å². The molecule has 0 bridgehead atoms. The third kappa shape index (κ3) is 3.64. The van der Waals surface area contributed by atoms with E-state index in [0.717, 1.165) is 34.2 Å². The summed E-state index contributed by atoms with van der Waals surface area (Å²) in [6.07, 6.45) is 2.19. The number of aromatic nitrogens is 2. The maximum Gasteiger partial charge on any atom is 0.151 e. The Hall–Kier alpha value is -5.74. The minimum Gasteiger partial charge on any atom is -0.453 e. The summed E-state index contributed by atoms with van der Waals surface area (Å²) in [5.41, 5.74) is 11.4. The van der Waals surface area contributed by atoms with E-state index in [1.54, 1.807) is 0 Å². The van der Waals surface area contributed by atoms with Crippen molar-refractivity contribution in [2.24, 2.45) is 0 Å². The van der Waals surface area contributed by atoms with Gasteiger partial charge in [-0.05, 0) is 104 Å². The van der Waals surface area contributed by atoms with Crippen molar-refractivity contribution in [3.8, 4) is 22.9 Å². The highest BCUT2D eigenvalue weighted by Crippen LogP contribution is 2.51. The van der Waals surface area contributed by atoms with Gasteiger partial charge in [-0.15, -0.1) is 0 Å². The zero-order valence-electron chi connectivity index (χ0n) is 24.5. The molecule has 4 nitrogen and oxygen atoms in total. The largest absolute Gasteiger partial charge is 0.453 e. The maximum absolute atomic E-state index is 6.37. The Labute approximate surface area is 255 Å². The van der Waals surface area contributed by atoms with Gasteiger partial charge in [-0.25, -0.2) is 0 Å². The smallest absolute Gasteiger partial charge is 0.151 e. The van der Waals surface area contributed by atoms with Crippen LogP contribution in [0, 0.1) is 13.8 Å². The van der Waals surface area contributed by atoms with Crippen molar-refractivity contribution in [3.63, 3.8) is 0 Å². The predicted octanol–water partition coefficient (Wildman–Crippen LogP) is 10.9. The van der Waals surface area contributed by atoms with Gasteiger partial charge in [-0.3, -0.25) is 0 Å². The summed E-state index contributed by atoms with van der Waals surface area (Å²) >= 11 is 0. The van der Waals surface area contributed by atoms with Crippen LogP contribution in [-0.4, -0.2) is 9.13 Å². The SMILES string of the molecule is Cc1ccc2c(c1)Oc1cc(C)ccc1N2c1ccc(-n2ccc3c2ccc2c4ccccc4n(-c4ccccc4)c23)cc1. The molecule has 0 aliphatic carbocycles. The fourth-order valence-corrected chi connectivity index (χ4v) is 6.81. The van der Waals surface area contributed by atoms with Crippen LogP contribution in [0.5, 0.6) is 11.5 Å². The van der Waals surface area contributed by atoms with Crippen molar-refractivity contribution in [2.75, 3.05) is 4.90 Å². The molecule has 0 fully saturated rings. The number of rotatable bonds is 3. The standard InChI is InChI=1S/C40H29N3O/c1-26-12-19-36-38(24-26)44-39-25-27(2)13-20-37(39)42(36)30-16-14-28(15-17-30)41-23-22-33-34(41)21-18-32-31-10-6-7-11-35(31)43(40(32)33)29-8-4-3-5-9-29/h3-25H,1-2H3. The van der Waals surface area contributed by atoms with Crippen LogP contribution in [-0.2, 0) is 0 Å². The number of fused-ring (bicyclic) bond motifs is 7. The summed E-state index contributed by atoms with van der Waals surface area (Å²) in [7, 11) is 0. The van der Waals surface area contributed by atoms with E-state index in [9.17, 15) is 0 Å². The molecule has 0 saturated carbocycles. The van der Waals surface area contributed by atoms with Gasteiger partial charge in [0, 0.05) is 39.4 Å². The van der Waals surface area contributed by atoms with E-state index in [0.29, 0.717) is 0 Å². The molecule has 0 atom stereocenters. The normalized spacial score (nSPS) is 12.5. The first kappa shape index (κ1) is 24.8. The van der Waals surface area contributed by atoms with Crippen molar-refractivity contribution in [2.45, 2.75) is 13.8 Å². The zero-order chi connectivity index (χ0) is 29.4. The van der Waals surface area contributed by atoms with E-state index in [1.165, 1.54) is 49.5 Å². The van der Waals surface area contributed by atoms with Gasteiger partial charge in [-0.2, -0.15) is 0 Å². The number of para-hydroxylation sites is 2. The molecule has 4 heteroatoms. The first-order valence-electron chi connectivity index (χ1n) is 15.0. The van der Waals surface area contributed by atoms with Gasteiger partial charge in [0.25, 0.3) is 0 Å². The van der Waals surface area contributed by atoms with E-state index in [-0.39, 0.29) is 0 Å². The fourth-order valence-electron chi connectivity index (χ4n) is 6.81. The van der Waals surface area contributed by atoms with Crippen LogP contribution in [0.4, 0.5) is 17.1 Å². The van der Waals surface area contributed by atoms with Crippen molar-refractivity contribution < 1.29 is 4.74 Å². The van der Waals surface area contributed by atoms with Crippen LogP contribution >= 0.6 is 0 Å².